The van der Waals surface area contributed by atoms with E-state index in [2.05, 4.69) is 5.32 Å². The number of aliphatic carboxylic acids is 1. The highest BCUT2D eigenvalue weighted by Gasteiger charge is 2.13. The first-order valence-corrected chi connectivity index (χ1v) is 4.45. The van der Waals surface area contributed by atoms with Crippen LogP contribution < -0.4 is 5.32 Å². The molecule has 0 unspecified atom stereocenters. The lowest BCUT2D eigenvalue weighted by molar-refractivity contribution is -0.141. The predicted octanol–water partition coefficient (Wildman–Crippen LogP) is 1.01. The zero-order valence-electron chi connectivity index (χ0n) is 8.33. The fourth-order valence-electron chi connectivity index (χ4n) is 0.795. The van der Waals surface area contributed by atoms with Crippen LogP contribution in [0.1, 0.15) is 33.6 Å². The normalized spacial score (nSPS) is 12.6. The van der Waals surface area contributed by atoms with Gasteiger partial charge >= 0.3 is 5.97 Å². The summed E-state index contributed by atoms with van der Waals surface area (Å²) in [5, 5.41) is 10.9. The summed E-state index contributed by atoms with van der Waals surface area (Å²) in [6, 6.07) is -0.792. The van der Waals surface area contributed by atoms with Crippen LogP contribution >= 0.6 is 0 Å². The van der Waals surface area contributed by atoms with E-state index in [-0.39, 0.29) is 5.91 Å². The molecule has 0 fully saturated rings. The fraction of sp³-hybridized carbons (Fsp3) is 0.778. The van der Waals surface area contributed by atoms with Crippen molar-refractivity contribution < 1.29 is 14.7 Å². The van der Waals surface area contributed by atoms with Crippen molar-refractivity contribution in [2.45, 2.75) is 39.7 Å². The van der Waals surface area contributed by atoms with Gasteiger partial charge in [0, 0.05) is 6.42 Å². The second-order valence-corrected chi connectivity index (χ2v) is 3.56. The zero-order chi connectivity index (χ0) is 10.4. The van der Waals surface area contributed by atoms with Crippen LogP contribution in [0.15, 0.2) is 0 Å². The Bertz CT molecular complexity index is 189. The lowest BCUT2D eigenvalue weighted by Gasteiger charge is -2.09. The minimum atomic E-state index is -1.00. The molecule has 13 heavy (non-hydrogen) atoms. The van der Waals surface area contributed by atoms with E-state index in [1.165, 1.54) is 6.92 Å². The molecule has 0 spiro atoms. The van der Waals surface area contributed by atoms with E-state index in [0.29, 0.717) is 12.3 Å². The van der Waals surface area contributed by atoms with E-state index in [9.17, 15) is 9.59 Å². The van der Waals surface area contributed by atoms with Crippen LogP contribution in [-0.4, -0.2) is 23.0 Å². The Morgan fingerprint density at radius 1 is 1.31 bits per heavy atom. The van der Waals surface area contributed by atoms with E-state index >= 15 is 0 Å². The summed E-state index contributed by atoms with van der Waals surface area (Å²) in [5.41, 5.74) is 0. The van der Waals surface area contributed by atoms with Crippen LogP contribution in [0.25, 0.3) is 0 Å². The second-order valence-electron chi connectivity index (χ2n) is 3.56. The van der Waals surface area contributed by atoms with Crippen molar-refractivity contribution in [3.05, 3.63) is 0 Å². The molecule has 0 aliphatic heterocycles. The molecule has 0 saturated heterocycles. The summed E-state index contributed by atoms with van der Waals surface area (Å²) in [7, 11) is 0. The number of carbonyl (C=O) groups is 2. The third kappa shape index (κ3) is 6.13. The molecule has 0 saturated carbocycles. The number of carboxylic acids is 1. The van der Waals surface area contributed by atoms with Gasteiger partial charge in [-0.3, -0.25) is 9.59 Å². The summed E-state index contributed by atoms with van der Waals surface area (Å²) in [6.07, 6.45) is 1.19. The smallest absolute Gasteiger partial charge is 0.325 e. The number of carboxylic acid groups (broad SMARTS) is 1. The summed E-state index contributed by atoms with van der Waals surface area (Å²) in [5.74, 6) is -0.729. The van der Waals surface area contributed by atoms with Crippen LogP contribution in [0, 0.1) is 5.92 Å². The number of amides is 1. The number of carbonyl (C=O) groups excluding carboxylic acids is 1. The standard InChI is InChI=1S/C9H17NO3/c1-6(2)4-5-8(11)10-7(3)9(12)13/h6-7H,4-5H2,1-3H3,(H,10,11)(H,12,13)/t7-/m1/s1. The summed E-state index contributed by atoms with van der Waals surface area (Å²) in [4.78, 5) is 21.4. The second kappa shape index (κ2) is 5.56. The van der Waals surface area contributed by atoms with Crippen LogP contribution in [0.3, 0.4) is 0 Å². The number of nitrogens with one attached hydrogen (secondary N) is 1. The quantitative estimate of drug-likeness (QED) is 0.675. The fourth-order valence-corrected chi connectivity index (χ4v) is 0.795. The Kier molecular flexibility index (Phi) is 5.11. The van der Waals surface area contributed by atoms with Crippen molar-refractivity contribution in [1.82, 2.24) is 5.32 Å². The van der Waals surface area contributed by atoms with Gasteiger partial charge in [-0.05, 0) is 19.3 Å². The molecule has 0 aliphatic rings. The average molecular weight is 187 g/mol. The third-order valence-corrected chi connectivity index (χ3v) is 1.70. The molecule has 76 valence electrons. The van der Waals surface area contributed by atoms with Gasteiger partial charge in [-0.2, -0.15) is 0 Å². The topological polar surface area (TPSA) is 66.4 Å². The summed E-state index contributed by atoms with van der Waals surface area (Å²) >= 11 is 0. The molecule has 1 amide bonds. The Balaban J connectivity index is 3.68. The van der Waals surface area contributed by atoms with Gasteiger partial charge in [0.05, 0.1) is 0 Å². The van der Waals surface area contributed by atoms with Gasteiger partial charge in [-0.25, -0.2) is 0 Å². The van der Waals surface area contributed by atoms with Gasteiger partial charge in [-0.15, -0.1) is 0 Å². The van der Waals surface area contributed by atoms with Gasteiger partial charge in [0.2, 0.25) is 5.91 Å². The van der Waals surface area contributed by atoms with Gasteiger partial charge < -0.3 is 10.4 Å². The number of rotatable bonds is 5. The lowest BCUT2D eigenvalue weighted by atomic mass is 10.1. The molecule has 0 aromatic rings. The first-order valence-electron chi connectivity index (χ1n) is 4.45. The van der Waals surface area contributed by atoms with Crippen molar-refractivity contribution in [3.63, 3.8) is 0 Å². The first kappa shape index (κ1) is 11.9. The van der Waals surface area contributed by atoms with Crippen LogP contribution in [0.4, 0.5) is 0 Å². The molecule has 0 bridgehead atoms. The number of hydrogen-bond acceptors (Lipinski definition) is 2. The summed E-state index contributed by atoms with van der Waals surface area (Å²) < 4.78 is 0. The molecule has 0 aliphatic carbocycles. The van der Waals surface area contributed by atoms with E-state index < -0.39 is 12.0 Å². The molecule has 2 N–H and O–H groups in total. The maximum Gasteiger partial charge on any atom is 0.325 e. The van der Waals surface area contributed by atoms with E-state index in [0.717, 1.165) is 6.42 Å². The maximum atomic E-state index is 11.1. The molecule has 0 aromatic heterocycles. The van der Waals surface area contributed by atoms with E-state index in [1.807, 2.05) is 13.8 Å². The van der Waals surface area contributed by atoms with Crippen molar-refractivity contribution >= 4 is 11.9 Å². The van der Waals surface area contributed by atoms with Crippen molar-refractivity contribution in [3.8, 4) is 0 Å². The Hall–Kier alpha value is -1.06. The highest BCUT2D eigenvalue weighted by molar-refractivity contribution is 5.83. The van der Waals surface area contributed by atoms with Crippen molar-refractivity contribution in [1.29, 1.82) is 0 Å². The SMILES string of the molecule is CC(C)CCC(=O)N[C@H](C)C(=O)O. The average Bonchev–Trinajstić information content (AvgIpc) is 2.00. The molecule has 0 radical (unpaired) electrons. The Labute approximate surface area is 78.3 Å². The van der Waals surface area contributed by atoms with Crippen LogP contribution in [-0.2, 0) is 9.59 Å². The van der Waals surface area contributed by atoms with Crippen LogP contribution in [0.2, 0.25) is 0 Å². The Morgan fingerprint density at radius 2 is 1.85 bits per heavy atom. The largest absolute Gasteiger partial charge is 0.480 e. The van der Waals surface area contributed by atoms with Gasteiger partial charge in [0.25, 0.3) is 0 Å². The molecule has 0 heterocycles. The predicted molar refractivity (Wildman–Crippen MR) is 49.3 cm³/mol. The molecule has 4 nitrogen and oxygen atoms in total. The molecule has 4 heteroatoms. The van der Waals surface area contributed by atoms with Crippen molar-refractivity contribution in [2.24, 2.45) is 5.92 Å². The van der Waals surface area contributed by atoms with E-state index in [4.69, 9.17) is 5.11 Å². The molecular weight excluding hydrogens is 170 g/mol. The van der Waals surface area contributed by atoms with E-state index in [1.54, 1.807) is 0 Å². The van der Waals surface area contributed by atoms with Crippen molar-refractivity contribution in [2.75, 3.05) is 0 Å². The monoisotopic (exact) mass is 187 g/mol. The summed E-state index contributed by atoms with van der Waals surface area (Å²) in [6.45, 7) is 5.50. The van der Waals surface area contributed by atoms with Crippen LogP contribution in [0.5, 0.6) is 0 Å². The number of hydrogen-bond donors (Lipinski definition) is 2. The molecule has 0 aromatic carbocycles. The lowest BCUT2D eigenvalue weighted by Crippen LogP contribution is -2.38. The molecular formula is C9H17NO3. The molecule has 1 atom stereocenters. The third-order valence-electron chi connectivity index (χ3n) is 1.70. The minimum absolute atomic E-state index is 0.191. The zero-order valence-corrected chi connectivity index (χ0v) is 8.33. The molecule has 0 rings (SSSR count). The Morgan fingerprint density at radius 3 is 2.23 bits per heavy atom. The minimum Gasteiger partial charge on any atom is -0.480 e. The maximum absolute atomic E-state index is 11.1. The van der Waals surface area contributed by atoms with Gasteiger partial charge in [0.15, 0.2) is 0 Å². The van der Waals surface area contributed by atoms with Gasteiger partial charge in [0.1, 0.15) is 6.04 Å². The highest BCUT2D eigenvalue weighted by Crippen LogP contribution is 2.02. The highest BCUT2D eigenvalue weighted by atomic mass is 16.4. The first-order chi connectivity index (χ1) is 5.93. The van der Waals surface area contributed by atoms with Gasteiger partial charge in [-0.1, -0.05) is 13.8 Å².